The Kier molecular flexibility index (Phi) is 7.38. The van der Waals surface area contributed by atoms with E-state index in [1.807, 2.05) is 32.0 Å². The van der Waals surface area contributed by atoms with Crippen LogP contribution in [0.1, 0.15) is 37.4 Å². The second kappa shape index (κ2) is 9.53. The summed E-state index contributed by atoms with van der Waals surface area (Å²) < 4.78 is 26.1. The van der Waals surface area contributed by atoms with E-state index < -0.39 is 10.0 Å². The average Bonchev–Trinajstić information content (AvgIpc) is 2.67. The Morgan fingerprint density at radius 2 is 1.70 bits per heavy atom. The van der Waals surface area contributed by atoms with Gasteiger partial charge in [-0.3, -0.25) is 0 Å². The molecule has 0 saturated carbocycles. The minimum Gasteiger partial charge on any atom is -0.336 e. The maximum atomic E-state index is 12.2. The fraction of sp³-hybridized carbons (Fsp3) is 0.350. The highest BCUT2D eigenvalue weighted by Gasteiger charge is 2.16. The highest BCUT2D eigenvalue weighted by molar-refractivity contribution is 7.89. The van der Waals surface area contributed by atoms with E-state index in [9.17, 15) is 13.2 Å². The van der Waals surface area contributed by atoms with Crippen molar-refractivity contribution in [2.45, 2.75) is 43.7 Å². The molecule has 7 heteroatoms. The van der Waals surface area contributed by atoms with Gasteiger partial charge in [-0.05, 0) is 57.0 Å². The number of sulfonamides is 1. The smallest absolute Gasteiger partial charge is 0.315 e. The van der Waals surface area contributed by atoms with Crippen LogP contribution in [0.25, 0.3) is 0 Å². The van der Waals surface area contributed by atoms with Gasteiger partial charge in [0, 0.05) is 6.04 Å². The lowest BCUT2D eigenvalue weighted by molar-refractivity contribution is 0.234. The first-order valence-electron chi connectivity index (χ1n) is 8.96. The number of rotatable bonds is 8. The fourth-order valence-electron chi connectivity index (χ4n) is 2.71. The van der Waals surface area contributed by atoms with Crippen LogP contribution in [0.15, 0.2) is 59.5 Å². The molecule has 0 fully saturated rings. The van der Waals surface area contributed by atoms with E-state index in [-0.39, 0.29) is 23.0 Å². The first kappa shape index (κ1) is 20.9. The molecule has 0 aliphatic carbocycles. The number of carbonyl (C=O) groups excluding carboxylic acids is 1. The van der Waals surface area contributed by atoms with Crippen molar-refractivity contribution in [3.63, 3.8) is 0 Å². The quantitative estimate of drug-likeness (QED) is 0.649. The van der Waals surface area contributed by atoms with E-state index in [1.54, 1.807) is 18.2 Å². The number of hydrogen-bond acceptors (Lipinski definition) is 3. The molecular formula is C20H27N3O3S. The number of urea groups is 1. The maximum Gasteiger partial charge on any atom is 0.315 e. The Balaban J connectivity index is 1.89. The van der Waals surface area contributed by atoms with Crippen LogP contribution in [-0.2, 0) is 16.4 Å². The predicted molar refractivity (Wildman–Crippen MR) is 107 cm³/mol. The molecule has 3 N–H and O–H groups in total. The molecule has 27 heavy (non-hydrogen) atoms. The van der Waals surface area contributed by atoms with Gasteiger partial charge in [-0.1, -0.05) is 42.5 Å². The van der Waals surface area contributed by atoms with Crippen molar-refractivity contribution in [2.24, 2.45) is 0 Å². The van der Waals surface area contributed by atoms with Crippen LogP contribution in [-0.4, -0.2) is 27.5 Å². The van der Waals surface area contributed by atoms with E-state index in [2.05, 4.69) is 27.5 Å². The van der Waals surface area contributed by atoms with Crippen molar-refractivity contribution in [1.29, 1.82) is 0 Å². The molecular weight excluding hydrogens is 362 g/mol. The van der Waals surface area contributed by atoms with Gasteiger partial charge >= 0.3 is 6.03 Å². The first-order valence-corrected chi connectivity index (χ1v) is 10.4. The molecule has 2 aromatic rings. The number of amides is 2. The van der Waals surface area contributed by atoms with Crippen LogP contribution >= 0.6 is 0 Å². The van der Waals surface area contributed by atoms with E-state index in [1.165, 1.54) is 18.7 Å². The predicted octanol–water partition coefficient (Wildman–Crippen LogP) is 2.98. The van der Waals surface area contributed by atoms with Gasteiger partial charge in [0.05, 0.1) is 10.9 Å². The molecule has 6 nitrogen and oxygen atoms in total. The van der Waals surface area contributed by atoms with Crippen molar-refractivity contribution in [1.82, 2.24) is 15.4 Å². The molecule has 146 valence electrons. The molecule has 0 bridgehead atoms. The number of benzene rings is 2. The van der Waals surface area contributed by atoms with Crippen LogP contribution < -0.4 is 15.4 Å². The number of nitrogens with one attached hydrogen (secondary N) is 3. The van der Waals surface area contributed by atoms with Gasteiger partial charge in [0.2, 0.25) is 10.0 Å². The molecule has 0 spiro atoms. The van der Waals surface area contributed by atoms with Crippen molar-refractivity contribution in [3.05, 3.63) is 65.7 Å². The van der Waals surface area contributed by atoms with Gasteiger partial charge in [0.25, 0.3) is 0 Å². The summed E-state index contributed by atoms with van der Waals surface area (Å²) in [6.07, 6.45) is 1.73. The zero-order chi connectivity index (χ0) is 19.9. The van der Waals surface area contributed by atoms with Crippen molar-refractivity contribution in [2.75, 3.05) is 7.05 Å². The lowest BCUT2D eigenvalue weighted by Crippen LogP contribution is -2.42. The van der Waals surface area contributed by atoms with Gasteiger partial charge in [-0.2, -0.15) is 0 Å². The maximum absolute atomic E-state index is 12.2. The molecule has 2 aromatic carbocycles. The number of aryl methyl sites for hydroxylation is 1. The molecule has 2 amide bonds. The van der Waals surface area contributed by atoms with Gasteiger partial charge < -0.3 is 10.6 Å². The summed E-state index contributed by atoms with van der Waals surface area (Å²) in [7, 11) is -2.14. The SMILES string of the molecule is CNS(=O)(=O)c1cccc(C(C)NC(=O)NC(C)CCc2ccccc2)c1. The Bertz CT molecular complexity index is 854. The fourth-order valence-corrected chi connectivity index (χ4v) is 3.50. The third-order valence-corrected chi connectivity index (χ3v) is 5.78. The Morgan fingerprint density at radius 3 is 2.37 bits per heavy atom. The summed E-state index contributed by atoms with van der Waals surface area (Å²) in [5.41, 5.74) is 1.96. The highest BCUT2D eigenvalue weighted by Crippen LogP contribution is 2.17. The van der Waals surface area contributed by atoms with E-state index >= 15 is 0 Å². The molecule has 2 rings (SSSR count). The second-order valence-electron chi connectivity index (χ2n) is 6.54. The van der Waals surface area contributed by atoms with E-state index in [4.69, 9.17) is 0 Å². The molecule has 2 unspecified atom stereocenters. The standard InChI is InChI=1S/C20H27N3O3S/c1-15(12-13-17-8-5-4-6-9-17)22-20(24)23-16(2)18-10-7-11-19(14-18)27(25,26)21-3/h4-11,14-16,21H,12-13H2,1-3H3,(H2,22,23,24). The molecule has 2 atom stereocenters. The van der Waals surface area contributed by atoms with Crippen LogP contribution in [0.3, 0.4) is 0 Å². The Hall–Kier alpha value is -2.38. The molecule has 0 aliphatic heterocycles. The summed E-state index contributed by atoms with van der Waals surface area (Å²) in [6, 6.07) is 16.1. The van der Waals surface area contributed by atoms with Crippen LogP contribution in [0.5, 0.6) is 0 Å². The summed E-state index contributed by atoms with van der Waals surface area (Å²) >= 11 is 0. The lowest BCUT2D eigenvalue weighted by atomic mass is 10.1. The van der Waals surface area contributed by atoms with Crippen LogP contribution in [0.2, 0.25) is 0 Å². The van der Waals surface area contributed by atoms with Gasteiger partial charge in [0.1, 0.15) is 0 Å². The second-order valence-corrected chi connectivity index (χ2v) is 8.43. The molecule has 0 radical (unpaired) electrons. The minimum atomic E-state index is -3.51. The largest absolute Gasteiger partial charge is 0.336 e. The van der Waals surface area contributed by atoms with Crippen molar-refractivity contribution >= 4 is 16.1 Å². The summed E-state index contributed by atoms with van der Waals surface area (Å²) in [6.45, 7) is 3.78. The zero-order valence-electron chi connectivity index (χ0n) is 15.9. The first-order chi connectivity index (χ1) is 12.8. The normalized spacial score (nSPS) is 13.6. The topological polar surface area (TPSA) is 87.3 Å². The van der Waals surface area contributed by atoms with E-state index in [0.717, 1.165) is 18.4 Å². The molecule has 0 saturated heterocycles. The van der Waals surface area contributed by atoms with Gasteiger partial charge in [-0.15, -0.1) is 0 Å². The molecule has 0 aliphatic rings. The lowest BCUT2D eigenvalue weighted by Gasteiger charge is -2.19. The average molecular weight is 390 g/mol. The monoisotopic (exact) mass is 389 g/mol. The number of carbonyl (C=O) groups is 1. The molecule has 0 aromatic heterocycles. The molecule has 0 heterocycles. The number of hydrogen-bond donors (Lipinski definition) is 3. The Morgan fingerprint density at radius 1 is 1.00 bits per heavy atom. The zero-order valence-corrected chi connectivity index (χ0v) is 16.7. The summed E-state index contributed by atoms with van der Waals surface area (Å²) in [5.74, 6) is 0. The van der Waals surface area contributed by atoms with Gasteiger partial charge in [-0.25, -0.2) is 17.9 Å². The summed E-state index contributed by atoms with van der Waals surface area (Å²) in [4.78, 5) is 12.4. The van der Waals surface area contributed by atoms with Crippen molar-refractivity contribution < 1.29 is 13.2 Å². The van der Waals surface area contributed by atoms with Crippen molar-refractivity contribution in [3.8, 4) is 0 Å². The third-order valence-electron chi connectivity index (χ3n) is 4.37. The highest BCUT2D eigenvalue weighted by atomic mass is 32.2. The third kappa shape index (κ3) is 6.37. The summed E-state index contributed by atoms with van der Waals surface area (Å²) in [5, 5.41) is 5.78. The van der Waals surface area contributed by atoms with E-state index in [0.29, 0.717) is 0 Å². The Labute approximate surface area is 161 Å². The van der Waals surface area contributed by atoms with Crippen LogP contribution in [0.4, 0.5) is 4.79 Å². The van der Waals surface area contributed by atoms with Crippen LogP contribution in [0, 0.1) is 0 Å². The van der Waals surface area contributed by atoms with Gasteiger partial charge in [0.15, 0.2) is 0 Å². The minimum absolute atomic E-state index is 0.0217.